The van der Waals surface area contributed by atoms with E-state index in [9.17, 15) is 4.79 Å². The average molecular weight is 245 g/mol. The Bertz CT molecular complexity index is 476. The van der Waals surface area contributed by atoms with E-state index in [2.05, 4.69) is 5.32 Å². The van der Waals surface area contributed by atoms with E-state index in [1.54, 1.807) is 4.90 Å². The largest absolute Gasteiger partial charge is 0.379 e. The molecule has 0 aromatic heterocycles. The quantitative estimate of drug-likeness (QED) is 0.762. The smallest absolute Gasteiger partial charge is 0.270 e. The van der Waals surface area contributed by atoms with Crippen LogP contribution in [0.2, 0.25) is 0 Å². The van der Waals surface area contributed by atoms with Crippen LogP contribution < -0.4 is 11.1 Å². The van der Waals surface area contributed by atoms with Gasteiger partial charge in [-0.25, -0.2) is 0 Å². The van der Waals surface area contributed by atoms with Crippen molar-refractivity contribution < 1.29 is 4.79 Å². The number of amides is 1. The lowest BCUT2D eigenvalue weighted by Gasteiger charge is -2.27. The molecule has 0 unspecified atom stereocenters. The molecule has 0 spiro atoms. The minimum atomic E-state index is 0.0571. The lowest BCUT2D eigenvalue weighted by molar-refractivity contribution is -0.127. The van der Waals surface area contributed by atoms with Gasteiger partial charge >= 0.3 is 0 Å². The van der Waals surface area contributed by atoms with Gasteiger partial charge in [-0.2, -0.15) is 0 Å². The number of carbonyl (C=O) groups is 1. The summed E-state index contributed by atoms with van der Waals surface area (Å²) in [5, 5.41) is 3.19. The van der Waals surface area contributed by atoms with E-state index in [1.807, 2.05) is 38.2 Å². The maximum Gasteiger partial charge on any atom is 0.270 e. The van der Waals surface area contributed by atoms with Crippen LogP contribution in [-0.2, 0) is 11.3 Å². The van der Waals surface area contributed by atoms with Crippen molar-refractivity contribution in [2.75, 3.05) is 20.1 Å². The van der Waals surface area contributed by atoms with Gasteiger partial charge < -0.3 is 16.0 Å². The van der Waals surface area contributed by atoms with Gasteiger partial charge in [-0.15, -0.1) is 0 Å². The number of allylic oxidation sites excluding steroid dienone is 1. The SMILES string of the molecule is C/C(=C1\NCCN(C)C1=O)c1ccc(CN)cc1. The van der Waals surface area contributed by atoms with Gasteiger partial charge in [-0.3, -0.25) is 4.79 Å². The number of nitrogens with one attached hydrogen (secondary N) is 1. The Hall–Kier alpha value is -1.81. The normalized spacial score (nSPS) is 18.6. The number of carbonyl (C=O) groups excluding carboxylic acids is 1. The third kappa shape index (κ3) is 2.38. The van der Waals surface area contributed by atoms with E-state index >= 15 is 0 Å². The third-order valence-corrected chi connectivity index (χ3v) is 3.31. The molecule has 96 valence electrons. The van der Waals surface area contributed by atoms with Gasteiger partial charge in [0.1, 0.15) is 5.70 Å². The molecule has 3 N–H and O–H groups in total. The van der Waals surface area contributed by atoms with Gasteiger partial charge in [0.05, 0.1) is 0 Å². The lowest BCUT2D eigenvalue weighted by Crippen LogP contribution is -2.44. The Morgan fingerprint density at radius 3 is 2.67 bits per heavy atom. The summed E-state index contributed by atoms with van der Waals surface area (Å²) in [7, 11) is 1.83. The summed E-state index contributed by atoms with van der Waals surface area (Å²) in [4.78, 5) is 13.8. The van der Waals surface area contributed by atoms with E-state index in [1.165, 1.54) is 0 Å². The van der Waals surface area contributed by atoms with Crippen LogP contribution in [0.25, 0.3) is 5.57 Å². The molecular formula is C14H19N3O. The lowest BCUT2D eigenvalue weighted by atomic mass is 10.0. The van der Waals surface area contributed by atoms with Crippen LogP contribution in [0.1, 0.15) is 18.1 Å². The Kier molecular flexibility index (Phi) is 3.67. The predicted octanol–water partition coefficient (Wildman–Crippen LogP) is 0.938. The van der Waals surface area contributed by atoms with Crippen molar-refractivity contribution >= 4 is 11.5 Å². The van der Waals surface area contributed by atoms with E-state index in [0.717, 1.165) is 29.8 Å². The highest BCUT2D eigenvalue weighted by atomic mass is 16.2. The van der Waals surface area contributed by atoms with Gasteiger partial charge in [0.15, 0.2) is 0 Å². The first-order valence-corrected chi connectivity index (χ1v) is 6.13. The number of likely N-dealkylation sites (N-methyl/N-ethyl adjacent to an activating group) is 1. The molecule has 0 aliphatic carbocycles. The maximum absolute atomic E-state index is 12.0. The second kappa shape index (κ2) is 5.23. The van der Waals surface area contributed by atoms with E-state index in [-0.39, 0.29) is 5.91 Å². The van der Waals surface area contributed by atoms with Crippen molar-refractivity contribution in [2.45, 2.75) is 13.5 Å². The fourth-order valence-electron chi connectivity index (χ4n) is 2.04. The van der Waals surface area contributed by atoms with Crippen LogP contribution in [0, 0.1) is 0 Å². The molecule has 4 nitrogen and oxygen atoms in total. The number of benzene rings is 1. The number of piperazine rings is 1. The minimum Gasteiger partial charge on any atom is -0.379 e. The standard InChI is InChI=1S/C14H19N3O/c1-10(12-5-3-11(9-15)4-6-12)13-14(18)17(2)8-7-16-13/h3-6,16H,7-9,15H2,1-2H3/b13-10+. The molecule has 0 radical (unpaired) electrons. The molecule has 1 fully saturated rings. The van der Waals surface area contributed by atoms with Gasteiger partial charge in [0, 0.05) is 26.7 Å². The number of rotatable bonds is 2. The van der Waals surface area contributed by atoms with Crippen molar-refractivity contribution in [3.8, 4) is 0 Å². The van der Waals surface area contributed by atoms with Crippen molar-refractivity contribution in [3.63, 3.8) is 0 Å². The van der Waals surface area contributed by atoms with Gasteiger partial charge in [-0.1, -0.05) is 24.3 Å². The number of hydrogen-bond acceptors (Lipinski definition) is 3. The van der Waals surface area contributed by atoms with Crippen molar-refractivity contribution in [1.29, 1.82) is 0 Å². The molecule has 1 aromatic carbocycles. The summed E-state index contributed by atoms with van der Waals surface area (Å²) in [6.45, 7) is 4.06. The topological polar surface area (TPSA) is 58.4 Å². The molecule has 0 saturated carbocycles. The van der Waals surface area contributed by atoms with Crippen LogP contribution in [0.4, 0.5) is 0 Å². The van der Waals surface area contributed by atoms with Crippen LogP contribution in [0.3, 0.4) is 0 Å². The Balaban J connectivity index is 2.32. The van der Waals surface area contributed by atoms with Crippen LogP contribution >= 0.6 is 0 Å². The first kappa shape index (κ1) is 12.6. The summed E-state index contributed by atoms with van der Waals surface area (Å²) < 4.78 is 0. The molecule has 2 rings (SSSR count). The molecular weight excluding hydrogens is 226 g/mol. The highest BCUT2D eigenvalue weighted by Crippen LogP contribution is 2.20. The van der Waals surface area contributed by atoms with Crippen LogP contribution in [0.5, 0.6) is 0 Å². The van der Waals surface area contributed by atoms with Gasteiger partial charge in [0.2, 0.25) is 0 Å². The molecule has 0 bridgehead atoms. The molecule has 4 heteroatoms. The Morgan fingerprint density at radius 1 is 1.39 bits per heavy atom. The zero-order valence-corrected chi connectivity index (χ0v) is 10.9. The van der Waals surface area contributed by atoms with Crippen molar-refractivity contribution in [3.05, 3.63) is 41.1 Å². The zero-order chi connectivity index (χ0) is 13.1. The molecule has 1 amide bonds. The second-order valence-electron chi connectivity index (χ2n) is 4.55. The predicted molar refractivity (Wildman–Crippen MR) is 72.6 cm³/mol. The number of nitrogens with two attached hydrogens (primary N) is 1. The Labute approximate surface area is 107 Å². The monoisotopic (exact) mass is 245 g/mol. The summed E-state index contributed by atoms with van der Waals surface area (Å²) in [5.41, 5.74) is 9.40. The number of nitrogens with zero attached hydrogens (tertiary/aromatic N) is 1. The molecule has 1 saturated heterocycles. The zero-order valence-electron chi connectivity index (χ0n) is 10.9. The first-order chi connectivity index (χ1) is 8.63. The second-order valence-corrected chi connectivity index (χ2v) is 4.55. The summed E-state index contributed by atoms with van der Waals surface area (Å²) in [6, 6.07) is 8.01. The van der Waals surface area contributed by atoms with Crippen LogP contribution in [-0.4, -0.2) is 30.9 Å². The fourth-order valence-corrected chi connectivity index (χ4v) is 2.04. The molecule has 0 atom stereocenters. The average Bonchev–Trinajstić information content (AvgIpc) is 2.41. The van der Waals surface area contributed by atoms with Gasteiger partial charge in [0.25, 0.3) is 5.91 Å². The summed E-state index contributed by atoms with van der Waals surface area (Å²) in [5.74, 6) is 0.0571. The fraction of sp³-hybridized carbons (Fsp3) is 0.357. The molecule has 1 heterocycles. The molecule has 1 aliphatic heterocycles. The third-order valence-electron chi connectivity index (χ3n) is 3.31. The van der Waals surface area contributed by atoms with Gasteiger partial charge in [-0.05, 0) is 23.6 Å². The number of hydrogen-bond donors (Lipinski definition) is 2. The van der Waals surface area contributed by atoms with Crippen molar-refractivity contribution in [1.82, 2.24) is 10.2 Å². The minimum absolute atomic E-state index is 0.0571. The molecule has 1 aliphatic rings. The summed E-state index contributed by atoms with van der Waals surface area (Å²) >= 11 is 0. The molecule has 1 aromatic rings. The Morgan fingerprint density at radius 2 is 2.06 bits per heavy atom. The van der Waals surface area contributed by atoms with E-state index in [4.69, 9.17) is 5.73 Å². The highest BCUT2D eigenvalue weighted by molar-refractivity contribution is 6.00. The van der Waals surface area contributed by atoms with E-state index in [0.29, 0.717) is 12.2 Å². The van der Waals surface area contributed by atoms with Crippen LogP contribution in [0.15, 0.2) is 30.0 Å². The van der Waals surface area contributed by atoms with Crippen molar-refractivity contribution in [2.24, 2.45) is 5.73 Å². The molecule has 18 heavy (non-hydrogen) atoms. The highest BCUT2D eigenvalue weighted by Gasteiger charge is 2.21. The summed E-state index contributed by atoms with van der Waals surface area (Å²) in [6.07, 6.45) is 0. The maximum atomic E-state index is 12.0. The first-order valence-electron chi connectivity index (χ1n) is 6.13. The van der Waals surface area contributed by atoms with E-state index < -0.39 is 0 Å².